The molecule has 0 atom stereocenters. The molecule has 1 saturated carbocycles. The summed E-state index contributed by atoms with van der Waals surface area (Å²) in [7, 11) is 0. The molecule has 2 heterocycles. The predicted octanol–water partition coefficient (Wildman–Crippen LogP) is 6.25. The van der Waals surface area contributed by atoms with Crippen molar-refractivity contribution in [3.8, 4) is 0 Å². The van der Waals surface area contributed by atoms with Gasteiger partial charge in [0.25, 0.3) is 0 Å². The zero-order chi connectivity index (χ0) is 23.6. The Bertz CT molecular complexity index is 773. The minimum atomic E-state index is 0.443. The maximum Gasteiger partial charge on any atom is 0.199 e. The Hall–Kier alpha value is -1.31. The van der Waals surface area contributed by atoms with Gasteiger partial charge in [0.05, 0.1) is 0 Å². The van der Waals surface area contributed by atoms with E-state index in [9.17, 15) is 0 Å². The number of aliphatic imine (C=N–C) groups is 1. The first-order valence-electron chi connectivity index (χ1n) is 13.5. The monoisotopic (exact) mass is 501 g/mol. The molecule has 4 rings (SSSR count). The number of benzene rings is 1. The van der Waals surface area contributed by atoms with Crippen LogP contribution in [0.1, 0.15) is 77.0 Å². The largest absolute Gasteiger partial charge is 0.378 e. The normalized spacial score (nSPS) is 22.2. The molecule has 3 fully saturated rings. The lowest BCUT2D eigenvalue weighted by Gasteiger charge is -2.37. The highest BCUT2D eigenvalue weighted by Gasteiger charge is 2.26. The summed E-state index contributed by atoms with van der Waals surface area (Å²) in [5.74, 6) is 1.81. The number of thioether (sulfide) groups is 1. The van der Waals surface area contributed by atoms with Gasteiger partial charge in [0.2, 0.25) is 0 Å². The molecule has 188 valence electrons. The zero-order valence-electron chi connectivity index (χ0n) is 20.7. The molecule has 3 aliphatic rings. The second-order valence-electron chi connectivity index (χ2n) is 10.3. The van der Waals surface area contributed by atoms with Crippen LogP contribution in [0.3, 0.4) is 0 Å². The Morgan fingerprint density at radius 1 is 0.882 bits per heavy atom. The van der Waals surface area contributed by atoms with E-state index in [1.807, 2.05) is 0 Å². The Morgan fingerprint density at radius 3 is 2.15 bits per heavy atom. The molecule has 0 amide bonds. The summed E-state index contributed by atoms with van der Waals surface area (Å²) in [6.07, 6.45) is 16.2. The second kappa shape index (κ2) is 13.7. The van der Waals surface area contributed by atoms with Crippen molar-refractivity contribution in [3.05, 3.63) is 24.3 Å². The molecule has 7 heteroatoms. The van der Waals surface area contributed by atoms with Gasteiger partial charge in [-0.05, 0) is 94.0 Å². The molecule has 1 aliphatic carbocycles. The third-order valence-electron chi connectivity index (χ3n) is 7.76. The Labute approximate surface area is 216 Å². The molecule has 3 N–H and O–H groups in total. The zero-order valence-corrected chi connectivity index (χ0v) is 22.4. The summed E-state index contributed by atoms with van der Waals surface area (Å²) >= 11 is 7.12. The van der Waals surface area contributed by atoms with E-state index in [0.717, 1.165) is 36.5 Å². The van der Waals surface area contributed by atoms with Gasteiger partial charge in [-0.2, -0.15) is 4.99 Å². The molecule has 0 aromatic heterocycles. The number of rotatable bonds is 5. The van der Waals surface area contributed by atoms with E-state index in [2.05, 4.69) is 44.4 Å². The highest BCUT2D eigenvalue weighted by atomic mass is 32.2. The quantitative estimate of drug-likeness (QED) is 0.283. The minimum absolute atomic E-state index is 0.443. The molecular weight excluding hydrogens is 458 g/mol. The van der Waals surface area contributed by atoms with Crippen LogP contribution in [-0.2, 0) is 0 Å². The van der Waals surface area contributed by atoms with Crippen molar-refractivity contribution in [2.45, 2.75) is 83.1 Å². The number of thiocarbonyl (C=S) groups is 1. The van der Waals surface area contributed by atoms with Crippen LogP contribution in [-0.4, -0.2) is 53.2 Å². The maximum absolute atomic E-state index is 6.20. The van der Waals surface area contributed by atoms with Crippen LogP contribution >= 0.6 is 24.0 Å². The fourth-order valence-electron chi connectivity index (χ4n) is 5.72. The summed E-state index contributed by atoms with van der Waals surface area (Å²) < 4.78 is 0. The van der Waals surface area contributed by atoms with Crippen molar-refractivity contribution in [3.63, 3.8) is 0 Å². The summed E-state index contributed by atoms with van der Waals surface area (Å²) in [6, 6.07) is 9.38. The molecule has 0 unspecified atom stereocenters. The SMILES string of the molecule is N/C(=N\C(=S)Nc1ccc(N2CCC(N3CCCC3)CC2)cc1)SCC1CCCCCCCC1. The fraction of sp³-hybridized carbons (Fsp3) is 0.704. The lowest BCUT2D eigenvalue weighted by Crippen LogP contribution is -2.43. The van der Waals surface area contributed by atoms with Gasteiger partial charge < -0.3 is 20.9 Å². The van der Waals surface area contributed by atoms with Crippen LogP contribution in [0, 0.1) is 5.92 Å². The van der Waals surface area contributed by atoms with Crippen LogP contribution in [0.15, 0.2) is 29.3 Å². The van der Waals surface area contributed by atoms with Gasteiger partial charge >= 0.3 is 0 Å². The van der Waals surface area contributed by atoms with Gasteiger partial charge in [-0.3, -0.25) is 0 Å². The van der Waals surface area contributed by atoms with E-state index in [4.69, 9.17) is 18.0 Å². The molecule has 1 aromatic carbocycles. The third kappa shape index (κ3) is 8.13. The molecular formula is C27H43N5S2. The van der Waals surface area contributed by atoms with Gasteiger partial charge in [-0.1, -0.05) is 50.3 Å². The molecule has 34 heavy (non-hydrogen) atoms. The number of piperidine rings is 1. The van der Waals surface area contributed by atoms with Crippen molar-refractivity contribution < 1.29 is 0 Å². The van der Waals surface area contributed by atoms with Crippen molar-refractivity contribution >= 4 is 45.6 Å². The number of hydrogen-bond acceptors (Lipinski definition) is 4. The topological polar surface area (TPSA) is 56.9 Å². The van der Waals surface area contributed by atoms with E-state index < -0.39 is 0 Å². The van der Waals surface area contributed by atoms with Crippen molar-refractivity contribution in [2.75, 3.05) is 42.1 Å². The number of likely N-dealkylation sites (tertiary alicyclic amines) is 1. The third-order valence-corrected chi connectivity index (χ3v) is 8.98. The van der Waals surface area contributed by atoms with Crippen LogP contribution in [0.4, 0.5) is 11.4 Å². The first-order chi connectivity index (χ1) is 16.7. The number of amidine groups is 1. The van der Waals surface area contributed by atoms with Gasteiger partial charge in [0.15, 0.2) is 10.3 Å². The van der Waals surface area contributed by atoms with Gasteiger partial charge in [-0.25, -0.2) is 0 Å². The molecule has 0 spiro atoms. The van der Waals surface area contributed by atoms with Gasteiger partial charge in [0.1, 0.15) is 0 Å². The fourth-order valence-corrected chi connectivity index (χ4v) is 6.89. The first kappa shape index (κ1) is 25.8. The minimum Gasteiger partial charge on any atom is -0.378 e. The Kier molecular flexibility index (Phi) is 10.4. The second-order valence-corrected chi connectivity index (χ2v) is 11.7. The molecule has 1 aromatic rings. The molecule has 0 radical (unpaired) electrons. The average molecular weight is 502 g/mol. The molecule has 0 bridgehead atoms. The van der Waals surface area contributed by atoms with E-state index in [0.29, 0.717) is 10.3 Å². The Morgan fingerprint density at radius 2 is 1.50 bits per heavy atom. The number of nitrogens with one attached hydrogen (secondary N) is 1. The first-order valence-corrected chi connectivity index (χ1v) is 14.9. The van der Waals surface area contributed by atoms with Gasteiger partial charge in [-0.15, -0.1) is 0 Å². The molecule has 5 nitrogen and oxygen atoms in total. The van der Waals surface area contributed by atoms with Crippen LogP contribution < -0.4 is 16.0 Å². The van der Waals surface area contributed by atoms with E-state index in [1.165, 1.54) is 95.8 Å². The summed E-state index contributed by atoms with van der Waals surface area (Å²) in [4.78, 5) is 9.65. The lowest BCUT2D eigenvalue weighted by molar-refractivity contribution is 0.208. The standard InChI is InChI=1S/C27H43N5S2/c28-26(34-21-22-9-5-3-1-2-4-6-10-22)30-27(33)29-23-11-13-24(14-12-23)32-19-15-25(16-20-32)31-17-7-8-18-31/h11-14,22,25H,1-10,15-21H2,(H3,28,29,30,33). The number of nitrogens with two attached hydrogens (primary N) is 1. The molecule has 2 saturated heterocycles. The highest BCUT2D eigenvalue weighted by molar-refractivity contribution is 8.13. The number of hydrogen-bond donors (Lipinski definition) is 2. The van der Waals surface area contributed by atoms with E-state index in [1.54, 1.807) is 11.8 Å². The maximum atomic E-state index is 6.20. The van der Waals surface area contributed by atoms with Gasteiger partial charge in [0, 0.05) is 36.3 Å². The number of anilines is 2. The smallest absolute Gasteiger partial charge is 0.199 e. The lowest BCUT2D eigenvalue weighted by atomic mass is 9.99. The summed E-state index contributed by atoms with van der Waals surface area (Å²) in [5, 5.41) is 4.26. The van der Waals surface area contributed by atoms with Crippen molar-refractivity contribution in [1.29, 1.82) is 0 Å². The summed E-state index contributed by atoms with van der Waals surface area (Å²) in [5.41, 5.74) is 8.47. The number of nitrogens with zero attached hydrogens (tertiary/aromatic N) is 3. The van der Waals surface area contributed by atoms with Crippen LogP contribution in [0.5, 0.6) is 0 Å². The average Bonchev–Trinajstić information content (AvgIpc) is 3.42. The van der Waals surface area contributed by atoms with E-state index >= 15 is 0 Å². The summed E-state index contributed by atoms with van der Waals surface area (Å²) in [6.45, 7) is 4.89. The highest BCUT2D eigenvalue weighted by Crippen LogP contribution is 2.27. The van der Waals surface area contributed by atoms with Crippen molar-refractivity contribution in [2.24, 2.45) is 16.6 Å². The van der Waals surface area contributed by atoms with Crippen molar-refractivity contribution in [1.82, 2.24) is 4.90 Å². The Balaban J connectivity index is 1.19. The molecule has 2 aliphatic heterocycles. The van der Waals surface area contributed by atoms with Crippen LogP contribution in [0.25, 0.3) is 0 Å². The predicted molar refractivity (Wildman–Crippen MR) is 153 cm³/mol. The van der Waals surface area contributed by atoms with Crippen LogP contribution in [0.2, 0.25) is 0 Å². The van der Waals surface area contributed by atoms with E-state index in [-0.39, 0.29) is 0 Å².